The number of carbonyl (C=O) groups is 1. The molecule has 0 atom stereocenters. The summed E-state index contributed by atoms with van der Waals surface area (Å²) < 4.78 is 60.8. The average molecular weight is 792 g/mol. The largest absolute Gasteiger partial charge is 0.449 e. The molecule has 0 saturated heterocycles. The van der Waals surface area contributed by atoms with Crippen LogP contribution in [0.1, 0.15) is 62.5 Å². The van der Waals surface area contributed by atoms with Crippen LogP contribution in [-0.2, 0) is 52.1 Å². The van der Waals surface area contributed by atoms with Gasteiger partial charge in [0.05, 0.1) is 119 Å². The highest BCUT2D eigenvalue weighted by Gasteiger charge is 2.28. The Labute approximate surface area is 335 Å². The quantitative estimate of drug-likeness (QED) is 0.0792. The Morgan fingerprint density at radius 2 is 0.786 bits per heavy atom. The number of ether oxygens (including phenoxy) is 11. The van der Waals surface area contributed by atoms with Crippen molar-refractivity contribution in [2.75, 3.05) is 145 Å². The molecule has 3 rings (SSSR count). The van der Waals surface area contributed by atoms with Gasteiger partial charge in [0.25, 0.3) is 0 Å². The number of rotatable bonds is 39. The van der Waals surface area contributed by atoms with E-state index in [1.165, 1.54) is 47.9 Å². The Morgan fingerprint density at radius 3 is 1.18 bits per heavy atom. The normalized spacial score (nSPS) is 12.2. The summed E-state index contributed by atoms with van der Waals surface area (Å²) in [6.07, 6.45) is 6.53. The number of benzene rings is 2. The van der Waals surface area contributed by atoms with Crippen LogP contribution in [0.15, 0.2) is 48.5 Å². The highest BCUT2D eigenvalue weighted by atomic mass is 16.6. The van der Waals surface area contributed by atoms with Gasteiger partial charge in [-0.05, 0) is 35.1 Å². The van der Waals surface area contributed by atoms with Crippen LogP contribution < -0.4 is 5.32 Å². The summed E-state index contributed by atoms with van der Waals surface area (Å²) in [7, 11) is 0. The maximum absolute atomic E-state index is 12.3. The predicted octanol–water partition coefficient (Wildman–Crippen LogP) is 6.05. The maximum Gasteiger partial charge on any atom is 0.407 e. The first-order valence-electron chi connectivity index (χ1n) is 20.7. The second kappa shape index (κ2) is 34.4. The zero-order valence-electron chi connectivity index (χ0n) is 33.9. The molecule has 0 heterocycles. The van der Waals surface area contributed by atoms with Gasteiger partial charge in [0.2, 0.25) is 0 Å². The van der Waals surface area contributed by atoms with E-state index in [4.69, 9.17) is 52.1 Å². The van der Waals surface area contributed by atoms with Crippen molar-refractivity contribution in [3.05, 3.63) is 59.7 Å². The molecule has 0 aliphatic heterocycles. The van der Waals surface area contributed by atoms with Crippen LogP contribution >= 0.6 is 0 Å². The summed E-state index contributed by atoms with van der Waals surface area (Å²) in [6, 6.07) is 16.6. The van der Waals surface area contributed by atoms with Gasteiger partial charge in [-0.25, -0.2) is 4.79 Å². The topological polar surface area (TPSA) is 131 Å². The molecule has 0 unspecified atom stereocenters. The Bertz CT molecular complexity index is 1180. The van der Waals surface area contributed by atoms with Crippen molar-refractivity contribution in [2.24, 2.45) is 0 Å². The first-order valence-corrected chi connectivity index (χ1v) is 20.7. The molecule has 1 aliphatic carbocycles. The Kier molecular flexibility index (Phi) is 29.3. The first-order chi connectivity index (χ1) is 27.8. The van der Waals surface area contributed by atoms with E-state index >= 15 is 0 Å². The van der Waals surface area contributed by atoms with Gasteiger partial charge in [0, 0.05) is 25.7 Å². The molecule has 13 nitrogen and oxygen atoms in total. The Hall–Kier alpha value is -2.69. The van der Waals surface area contributed by atoms with Crippen LogP contribution in [0.25, 0.3) is 11.1 Å². The van der Waals surface area contributed by atoms with Crippen molar-refractivity contribution in [2.45, 2.75) is 51.4 Å². The van der Waals surface area contributed by atoms with Crippen LogP contribution in [0.3, 0.4) is 0 Å². The van der Waals surface area contributed by atoms with E-state index < -0.39 is 6.09 Å². The van der Waals surface area contributed by atoms with E-state index in [-0.39, 0.29) is 5.92 Å². The third kappa shape index (κ3) is 22.9. The molecule has 2 aromatic rings. The molecule has 0 bridgehead atoms. The zero-order chi connectivity index (χ0) is 39.4. The molecule has 56 heavy (non-hydrogen) atoms. The molecule has 0 saturated carbocycles. The molecule has 2 aromatic carbocycles. The van der Waals surface area contributed by atoms with Crippen LogP contribution in [0.4, 0.5) is 4.79 Å². The summed E-state index contributed by atoms with van der Waals surface area (Å²) in [6.45, 7) is 13.8. The van der Waals surface area contributed by atoms with Crippen molar-refractivity contribution in [1.29, 1.82) is 0 Å². The van der Waals surface area contributed by atoms with Crippen molar-refractivity contribution in [1.82, 2.24) is 5.32 Å². The SMILES string of the molecule is CCCCCCCOCCOCCOCCOCCOCCOCCOCCOCCOCCOCCCNC(=O)OCC1c2ccccc2-c2ccccc21. The third-order valence-corrected chi connectivity index (χ3v) is 8.82. The number of hydrogen-bond donors (Lipinski definition) is 1. The molecule has 1 aliphatic rings. The van der Waals surface area contributed by atoms with E-state index in [9.17, 15) is 4.79 Å². The second-order valence-electron chi connectivity index (χ2n) is 13.1. The predicted molar refractivity (Wildman–Crippen MR) is 215 cm³/mol. The molecule has 0 fully saturated rings. The summed E-state index contributed by atoms with van der Waals surface area (Å²) >= 11 is 0. The number of nitrogens with one attached hydrogen (secondary N) is 1. The molecule has 318 valence electrons. The lowest BCUT2D eigenvalue weighted by Crippen LogP contribution is -2.27. The zero-order valence-corrected chi connectivity index (χ0v) is 33.9. The van der Waals surface area contributed by atoms with E-state index in [1.54, 1.807) is 0 Å². The average Bonchev–Trinajstić information content (AvgIpc) is 3.54. The van der Waals surface area contributed by atoms with Gasteiger partial charge in [0.1, 0.15) is 6.61 Å². The molecule has 0 aromatic heterocycles. The highest BCUT2D eigenvalue weighted by molar-refractivity contribution is 5.79. The Morgan fingerprint density at radius 1 is 0.446 bits per heavy atom. The lowest BCUT2D eigenvalue weighted by atomic mass is 9.98. The van der Waals surface area contributed by atoms with Gasteiger partial charge < -0.3 is 57.4 Å². The van der Waals surface area contributed by atoms with Gasteiger partial charge in [0.15, 0.2) is 0 Å². The monoisotopic (exact) mass is 791 g/mol. The van der Waals surface area contributed by atoms with Crippen LogP contribution in [0.2, 0.25) is 0 Å². The molecule has 13 heteroatoms. The lowest BCUT2D eigenvalue weighted by Gasteiger charge is -2.14. The molecular formula is C43H69NO12. The lowest BCUT2D eigenvalue weighted by molar-refractivity contribution is -0.0264. The van der Waals surface area contributed by atoms with Gasteiger partial charge >= 0.3 is 6.09 Å². The Balaban J connectivity index is 0.936. The van der Waals surface area contributed by atoms with Crippen molar-refractivity contribution in [3.8, 4) is 11.1 Å². The van der Waals surface area contributed by atoms with E-state index in [1.807, 2.05) is 24.3 Å². The van der Waals surface area contributed by atoms with Crippen molar-refractivity contribution < 1.29 is 56.9 Å². The van der Waals surface area contributed by atoms with Gasteiger partial charge in [-0.15, -0.1) is 0 Å². The highest BCUT2D eigenvalue weighted by Crippen LogP contribution is 2.44. The van der Waals surface area contributed by atoms with Crippen molar-refractivity contribution in [3.63, 3.8) is 0 Å². The van der Waals surface area contributed by atoms with Crippen LogP contribution in [-0.4, -0.2) is 151 Å². The number of unbranched alkanes of at least 4 members (excludes halogenated alkanes) is 4. The fourth-order valence-corrected chi connectivity index (χ4v) is 5.90. The molecular weight excluding hydrogens is 722 g/mol. The van der Waals surface area contributed by atoms with Gasteiger partial charge in [-0.3, -0.25) is 0 Å². The minimum absolute atomic E-state index is 0.0512. The fourth-order valence-electron chi connectivity index (χ4n) is 5.90. The molecule has 1 amide bonds. The van der Waals surface area contributed by atoms with Crippen LogP contribution in [0, 0.1) is 0 Å². The number of hydrogen-bond acceptors (Lipinski definition) is 12. The van der Waals surface area contributed by atoms with Gasteiger partial charge in [-0.1, -0.05) is 81.1 Å². The van der Waals surface area contributed by atoms with E-state index in [0.29, 0.717) is 145 Å². The van der Waals surface area contributed by atoms with E-state index in [0.717, 1.165) is 13.0 Å². The minimum atomic E-state index is -0.413. The number of alkyl carbamates (subject to hydrolysis) is 1. The number of carbonyl (C=O) groups excluding carboxylic acids is 1. The third-order valence-electron chi connectivity index (χ3n) is 8.82. The standard InChI is InChI=1S/C43H69NO12/c1-2-3-4-5-10-17-46-19-21-48-23-25-50-27-29-52-31-33-54-35-36-55-34-32-53-30-28-51-26-24-49-22-20-47-18-11-16-44-43(45)56-37-42-40-14-8-6-12-38(40)39-13-7-9-15-41(39)42/h6-9,12-15,42H,2-5,10-11,16-37H2,1H3,(H,44,45). The minimum Gasteiger partial charge on any atom is -0.449 e. The second-order valence-corrected chi connectivity index (χ2v) is 13.1. The molecule has 1 N–H and O–H groups in total. The number of amides is 1. The summed E-state index contributed by atoms with van der Waals surface area (Å²) in [5.41, 5.74) is 4.82. The summed E-state index contributed by atoms with van der Waals surface area (Å²) in [4.78, 5) is 12.3. The van der Waals surface area contributed by atoms with E-state index in [2.05, 4.69) is 36.5 Å². The maximum atomic E-state index is 12.3. The number of fused-ring (bicyclic) bond motifs is 3. The molecule has 0 radical (unpaired) electrons. The van der Waals surface area contributed by atoms with Crippen molar-refractivity contribution >= 4 is 6.09 Å². The summed E-state index contributed by atoms with van der Waals surface area (Å²) in [5.74, 6) is 0.0512. The molecule has 0 spiro atoms. The fraction of sp³-hybridized carbons (Fsp3) is 0.698. The first kappa shape index (κ1) is 47.7. The van der Waals surface area contributed by atoms with Gasteiger partial charge in [-0.2, -0.15) is 0 Å². The smallest absolute Gasteiger partial charge is 0.407 e. The summed E-state index contributed by atoms with van der Waals surface area (Å²) in [5, 5.41) is 2.81. The van der Waals surface area contributed by atoms with Crippen LogP contribution in [0.5, 0.6) is 0 Å².